The Morgan fingerprint density at radius 1 is 1.17 bits per heavy atom. The highest BCUT2D eigenvalue weighted by Crippen LogP contribution is 2.33. The highest BCUT2D eigenvalue weighted by molar-refractivity contribution is 7.16. The molecular formula is C27H32ClF2N7O4S. The van der Waals surface area contributed by atoms with Gasteiger partial charge in [-0.2, -0.15) is 0 Å². The molecule has 0 bridgehead atoms. The summed E-state index contributed by atoms with van der Waals surface area (Å²) >= 11 is 7.39. The van der Waals surface area contributed by atoms with Crippen LogP contribution >= 0.6 is 22.9 Å². The summed E-state index contributed by atoms with van der Waals surface area (Å²) in [4.78, 5) is 35.6. The Labute approximate surface area is 250 Å². The monoisotopic (exact) mass is 623 g/mol. The maximum Gasteiger partial charge on any atom is 0.407 e. The molecule has 4 heterocycles. The minimum Gasteiger partial charge on any atom is -0.444 e. The van der Waals surface area contributed by atoms with E-state index in [0.29, 0.717) is 35.5 Å². The molecule has 0 unspecified atom stereocenters. The van der Waals surface area contributed by atoms with Crippen molar-refractivity contribution in [3.8, 4) is 0 Å². The number of amides is 2. The Morgan fingerprint density at radius 2 is 1.88 bits per heavy atom. The fraction of sp³-hybridized carbons (Fsp3) is 0.407. The van der Waals surface area contributed by atoms with Gasteiger partial charge in [0.25, 0.3) is 5.91 Å². The van der Waals surface area contributed by atoms with Gasteiger partial charge in [0.1, 0.15) is 11.4 Å². The number of anilines is 4. The zero-order valence-electron chi connectivity index (χ0n) is 23.5. The Hall–Kier alpha value is -3.75. The van der Waals surface area contributed by atoms with Crippen LogP contribution in [0.25, 0.3) is 0 Å². The number of hydrogen-bond acceptors (Lipinski definition) is 10. The first-order chi connectivity index (χ1) is 19.8. The summed E-state index contributed by atoms with van der Waals surface area (Å²) in [7, 11) is 0. The average Bonchev–Trinajstić information content (AvgIpc) is 3.33. The molecule has 1 aliphatic rings. The number of aromatic nitrogens is 2. The molecule has 3 aromatic heterocycles. The van der Waals surface area contributed by atoms with E-state index in [0.717, 1.165) is 6.07 Å². The molecule has 3 aromatic rings. The number of primary amides is 1. The molecule has 0 aliphatic carbocycles. The number of nitrogens with two attached hydrogens (primary N) is 1. The maximum absolute atomic E-state index is 15.3. The number of rotatable bonds is 9. The van der Waals surface area contributed by atoms with Crippen LogP contribution < -0.4 is 26.6 Å². The van der Waals surface area contributed by atoms with Crippen LogP contribution in [0, 0.1) is 11.6 Å². The molecule has 226 valence electrons. The van der Waals surface area contributed by atoms with Gasteiger partial charge >= 0.3 is 6.09 Å². The second-order valence-corrected chi connectivity index (χ2v) is 12.3. The molecule has 0 saturated carbocycles. The molecule has 1 aliphatic heterocycles. The molecule has 1 saturated heterocycles. The number of alkyl carbamates (subject to hydrolysis) is 1. The van der Waals surface area contributed by atoms with E-state index in [2.05, 4.69) is 25.9 Å². The van der Waals surface area contributed by atoms with E-state index in [1.54, 1.807) is 44.7 Å². The maximum atomic E-state index is 15.3. The second kappa shape index (κ2) is 13.0. The van der Waals surface area contributed by atoms with Crippen LogP contribution in [0.3, 0.4) is 0 Å². The quantitative estimate of drug-likeness (QED) is 0.252. The van der Waals surface area contributed by atoms with Gasteiger partial charge in [0.05, 0.1) is 47.1 Å². The normalized spacial score (nSPS) is 15.1. The predicted octanol–water partition coefficient (Wildman–Crippen LogP) is 5.22. The zero-order chi connectivity index (χ0) is 30.6. The van der Waals surface area contributed by atoms with Crippen molar-refractivity contribution in [1.29, 1.82) is 0 Å². The SMILES string of the molecule is C[C@H](NC(=O)OC(C)(C)C)[C@H](Nc1nc(Nc2cnc(N3CCOCC3)c(F)c2)c(C(N)=O)cc1F)c1ccc(Cl)s1. The second-order valence-electron chi connectivity index (χ2n) is 10.5. The van der Waals surface area contributed by atoms with Crippen LogP contribution in [0.4, 0.5) is 36.7 Å². The molecule has 0 spiro atoms. The topological polar surface area (TPSA) is 144 Å². The predicted molar refractivity (Wildman–Crippen MR) is 158 cm³/mol. The summed E-state index contributed by atoms with van der Waals surface area (Å²) in [6.45, 7) is 8.82. The van der Waals surface area contributed by atoms with E-state index in [9.17, 15) is 14.0 Å². The van der Waals surface area contributed by atoms with Crippen LogP contribution in [0.2, 0.25) is 4.34 Å². The Morgan fingerprint density at radius 3 is 2.48 bits per heavy atom. The highest BCUT2D eigenvalue weighted by Gasteiger charge is 2.28. The zero-order valence-corrected chi connectivity index (χ0v) is 25.0. The third-order valence-corrected chi connectivity index (χ3v) is 7.39. The molecule has 15 heteroatoms. The fourth-order valence-electron chi connectivity index (χ4n) is 4.18. The fourth-order valence-corrected chi connectivity index (χ4v) is 5.40. The van der Waals surface area contributed by atoms with Crippen molar-refractivity contribution in [3.05, 3.63) is 56.9 Å². The Bertz CT molecular complexity index is 1450. The minimum absolute atomic E-state index is 0.123. The molecule has 42 heavy (non-hydrogen) atoms. The number of carbonyl (C=O) groups is 2. The summed E-state index contributed by atoms with van der Waals surface area (Å²) in [6, 6.07) is 4.19. The van der Waals surface area contributed by atoms with Gasteiger partial charge in [-0.1, -0.05) is 11.6 Å². The number of carbonyl (C=O) groups excluding carboxylic acids is 2. The number of pyridine rings is 2. The van der Waals surface area contributed by atoms with E-state index in [-0.39, 0.29) is 28.7 Å². The largest absolute Gasteiger partial charge is 0.444 e. The van der Waals surface area contributed by atoms with E-state index in [1.807, 2.05) is 0 Å². The summed E-state index contributed by atoms with van der Waals surface area (Å²) in [5.41, 5.74) is 4.68. The molecule has 0 radical (unpaired) electrons. The number of nitrogens with one attached hydrogen (secondary N) is 3. The van der Waals surface area contributed by atoms with Gasteiger partial charge in [0.2, 0.25) is 0 Å². The lowest BCUT2D eigenvalue weighted by Crippen LogP contribution is -2.42. The van der Waals surface area contributed by atoms with Gasteiger partial charge in [-0.3, -0.25) is 4.79 Å². The molecule has 1 fully saturated rings. The number of morpholine rings is 1. The van der Waals surface area contributed by atoms with Crippen LogP contribution in [0.1, 0.15) is 49.0 Å². The van der Waals surface area contributed by atoms with Crippen molar-refractivity contribution in [1.82, 2.24) is 15.3 Å². The smallest absolute Gasteiger partial charge is 0.407 e. The lowest BCUT2D eigenvalue weighted by molar-refractivity contribution is 0.0503. The minimum atomic E-state index is -0.949. The molecule has 11 nitrogen and oxygen atoms in total. The Kier molecular flexibility index (Phi) is 9.69. The third kappa shape index (κ3) is 7.95. The van der Waals surface area contributed by atoms with Crippen LogP contribution in [0.15, 0.2) is 30.5 Å². The number of thiophene rings is 1. The summed E-state index contributed by atoms with van der Waals surface area (Å²) in [6.07, 6.45) is 0.708. The van der Waals surface area contributed by atoms with Gasteiger partial charge < -0.3 is 36.1 Å². The van der Waals surface area contributed by atoms with Gasteiger partial charge in [-0.25, -0.2) is 23.5 Å². The van der Waals surface area contributed by atoms with Crippen molar-refractivity contribution >= 4 is 58.1 Å². The number of ether oxygens (including phenoxy) is 2. The molecule has 0 aromatic carbocycles. The van der Waals surface area contributed by atoms with Crippen molar-refractivity contribution in [3.63, 3.8) is 0 Å². The van der Waals surface area contributed by atoms with E-state index in [1.165, 1.54) is 23.6 Å². The van der Waals surface area contributed by atoms with Crippen molar-refractivity contribution in [2.24, 2.45) is 5.73 Å². The first-order valence-electron chi connectivity index (χ1n) is 13.1. The molecule has 2 amide bonds. The number of nitrogens with zero attached hydrogens (tertiary/aromatic N) is 3. The standard InChI is InChI=1S/C27H32ClF2N7O4S/c1-14(33-26(39)41-27(2,3)4)21(19-5-6-20(28)42-19)35-24-17(29)12-16(22(31)38)23(36-24)34-15-11-18(30)25(32-13-15)37-7-9-40-10-8-37/h5-6,11-14,21H,7-10H2,1-4H3,(H2,31,38)(H,33,39)(H2,34,35,36)/t14-,21-/m0/s1. The van der Waals surface area contributed by atoms with E-state index >= 15 is 4.39 Å². The lowest BCUT2D eigenvalue weighted by Gasteiger charge is -2.28. The van der Waals surface area contributed by atoms with Crippen LogP contribution in [-0.2, 0) is 9.47 Å². The van der Waals surface area contributed by atoms with Crippen molar-refractivity contribution in [2.45, 2.75) is 45.4 Å². The van der Waals surface area contributed by atoms with Gasteiger partial charge in [0, 0.05) is 24.0 Å². The highest BCUT2D eigenvalue weighted by atomic mass is 35.5. The molecule has 4 rings (SSSR count). The lowest BCUT2D eigenvalue weighted by atomic mass is 10.1. The van der Waals surface area contributed by atoms with E-state index in [4.69, 9.17) is 26.8 Å². The summed E-state index contributed by atoms with van der Waals surface area (Å²) in [5.74, 6) is -2.64. The molecule has 2 atom stereocenters. The third-order valence-electron chi connectivity index (χ3n) is 6.07. The van der Waals surface area contributed by atoms with Crippen LogP contribution in [0.5, 0.6) is 0 Å². The van der Waals surface area contributed by atoms with E-state index < -0.39 is 41.3 Å². The van der Waals surface area contributed by atoms with Gasteiger partial charge in [0.15, 0.2) is 23.3 Å². The summed E-state index contributed by atoms with van der Waals surface area (Å²) < 4.78 is 41.4. The van der Waals surface area contributed by atoms with Crippen molar-refractivity contribution in [2.75, 3.05) is 41.8 Å². The molecular weight excluding hydrogens is 592 g/mol. The van der Waals surface area contributed by atoms with Crippen LogP contribution in [-0.4, -0.2) is 59.9 Å². The number of hydrogen-bond donors (Lipinski definition) is 4. The van der Waals surface area contributed by atoms with Crippen molar-refractivity contribution < 1.29 is 27.8 Å². The first-order valence-corrected chi connectivity index (χ1v) is 14.3. The summed E-state index contributed by atoms with van der Waals surface area (Å²) in [5, 5.41) is 8.56. The first kappa shape index (κ1) is 31.2. The van der Waals surface area contributed by atoms with Gasteiger partial charge in [-0.05, 0) is 45.9 Å². The average molecular weight is 624 g/mol. The molecule has 5 N–H and O–H groups in total. The Balaban J connectivity index is 1.63. The van der Waals surface area contributed by atoms with Gasteiger partial charge in [-0.15, -0.1) is 11.3 Å². The number of halogens is 3.